The van der Waals surface area contributed by atoms with Crippen LogP contribution in [0, 0.1) is 23.6 Å². The number of ether oxygens (including phenoxy) is 1. The zero-order valence-electron chi connectivity index (χ0n) is 21.2. The number of carboxylic acid groups (broad SMARTS) is 1. The molecule has 1 saturated carbocycles. The van der Waals surface area contributed by atoms with E-state index in [0.717, 1.165) is 54.3 Å². The Bertz CT molecular complexity index is 1250. The van der Waals surface area contributed by atoms with Crippen LogP contribution < -0.4 is 4.74 Å². The van der Waals surface area contributed by atoms with Gasteiger partial charge < -0.3 is 14.9 Å². The number of nitrogens with zero attached hydrogens (tertiary/aromatic N) is 2. The summed E-state index contributed by atoms with van der Waals surface area (Å²) in [6.07, 6.45) is 5.93. The van der Waals surface area contributed by atoms with Crippen LogP contribution in [0.15, 0.2) is 54.7 Å². The van der Waals surface area contributed by atoms with Gasteiger partial charge in [0.25, 0.3) is 0 Å². The molecule has 196 valence electrons. The van der Waals surface area contributed by atoms with Crippen molar-refractivity contribution in [3.63, 3.8) is 0 Å². The molecule has 0 amide bonds. The Morgan fingerprint density at radius 2 is 2.05 bits per heavy atom. The van der Waals surface area contributed by atoms with Crippen LogP contribution >= 0.6 is 0 Å². The van der Waals surface area contributed by atoms with E-state index in [-0.39, 0.29) is 11.7 Å². The minimum atomic E-state index is -0.751. The molecule has 7 heteroatoms. The minimum Gasteiger partial charge on any atom is -0.497 e. The number of aliphatic hydroxyl groups is 1. The van der Waals surface area contributed by atoms with Gasteiger partial charge in [-0.1, -0.05) is 12.1 Å². The summed E-state index contributed by atoms with van der Waals surface area (Å²) in [5.41, 5.74) is 2.63. The van der Waals surface area contributed by atoms with Crippen LogP contribution in [-0.2, 0) is 11.2 Å². The summed E-state index contributed by atoms with van der Waals surface area (Å²) in [5, 5.41) is 21.9. The highest BCUT2D eigenvalue weighted by Gasteiger charge is 2.40. The van der Waals surface area contributed by atoms with Crippen molar-refractivity contribution in [2.45, 2.75) is 50.7 Å². The van der Waals surface area contributed by atoms with Gasteiger partial charge in [0, 0.05) is 24.2 Å². The van der Waals surface area contributed by atoms with E-state index in [1.807, 2.05) is 30.3 Å². The number of aromatic nitrogens is 1. The molecule has 1 unspecified atom stereocenters. The number of benzene rings is 2. The summed E-state index contributed by atoms with van der Waals surface area (Å²) < 4.78 is 18.8. The van der Waals surface area contributed by atoms with Crippen LogP contribution in [-0.4, -0.2) is 52.3 Å². The Labute approximate surface area is 217 Å². The topological polar surface area (TPSA) is 82.9 Å². The third-order valence-electron chi connectivity index (χ3n) is 8.40. The van der Waals surface area contributed by atoms with Crippen LogP contribution in [0.1, 0.15) is 49.3 Å². The number of hydrogen-bond acceptors (Lipinski definition) is 5. The van der Waals surface area contributed by atoms with Gasteiger partial charge in [0.15, 0.2) is 0 Å². The van der Waals surface area contributed by atoms with Crippen LogP contribution in [0.2, 0.25) is 0 Å². The third-order valence-corrected chi connectivity index (χ3v) is 8.40. The number of carbonyl (C=O) groups is 1. The summed E-state index contributed by atoms with van der Waals surface area (Å²) in [7, 11) is 1.61. The first-order valence-electron chi connectivity index (χ1n) is 13.2. The van der Waals surface area contributed by atoms with Crippen molar-refractivity contribution in [2.24, 2.45) is 17.8 Å². The summed E-state index contributed by atoms with van der Waals surface area (Å²) >= 11 is 0. The average Bonchev–Trinajstić information content (AvgIpc) is 2.88. The number of aliphatic carboxylic acids is 1. The Kier molecular flexibility index (Phi) is 7.72. The molecule has 3 aromatic rings. The predicted molar refractivity (Wildman–Crippen MR) is 140 cm³/mol. The lowest BCUT2D eigenvalue weighted by atomic mass is 9.73. The molecule has 0 radical (unpaired) electrons. The lowest BCUT2D eigenvalue weighted by Crippen LogP contribution is -2.52. The van der Waals surface area contributed by atoms with Gasteiger partial charge in [0.2, 0.25) is 0 Å². The molecule has 2 heterocycles. The first kappa shape index (κ1) is 25.6. The van der Waals surface area contributed by atoms with Crippen molar-refractivity contribution in [3.8, 4) is 5.75 Å². The van der Waals surface area contributed by atoms with Crippen molar-refractivity contribution in [3.05, 3.63) is 71.7 Å². The van der Waals surface area contributed by atoms with E-state index >= 15 is 0 Å². The second kappa shape index (κ2) is 11.2. The van der Waals surface area contributed by atoms with E-state index in [2.05, 4.69) is 9.88 Å². The lowest BCUT2D eigenvalue weighted by molar-refractivity contribution is -0.147. The number of methoxy groups -OCH3 is 1. The maximum Gasteiger partial charge on any atom is 0.308 e. The molecular formula is C30H35FN2O4. The number of hydrogen-bond donors (Lipinski definition) is 2. The van der Waals surface area contributed by atoms with Crippen molar-refractivity contribution < 1.29 is 24.1 Å². The third kappa shape index (κ3) is 5.78. The zero-order valence-corrected chi connectivity index (χ0v) is 21.2. The second-order valence-electron chi connectivity index (χ2n) is 10.7. The lowest BCUT2D eigenvalue weighted by Gasteiger charge is -2.47. The van der Waals surface area contributed by atoms with Crippen LogP contribution in [0.3, 0.4) is 0 Å². The molecule has 6 nitrogen and oxygen atoms in total. The molecule has 3 atom stereocenters. The fourth-order valence-electron chi connectivity index (χ4n) is 6.24. The normalized spacial score (nSPS) is 24.9. The molecule has 2 aliphatic rings. The van der Waals surface area contributed by atoms with Gasteiger partial charge >= 0.3 is 5.97 Å². The van der Waals surface area contributed by atoms with Crippen LogP contribution in [0.4, 0.5) is 4.39 Å². The Morgan fingerprint density at radius 1 is 1.22 bits per heavy atom. The molecule has 0 spiro atoms. The molecule has 2 N–H and O–H groups in total. The van der Waals surface area contributed by atoms with E-state index in [4.69, 9.17) is 4.74 Å². The number of likely N-dealkylation sites (tertiary alicyclic amines) is 1. The molecule has 37 heavy (non-hydrogen) atoms. The fourth-order valence-corrected chi connectivity index (χ4v) is 6.24. The SMILES string of the molecule is COc1ccc2nccc(C(O)CC[C@@H]3CCN(C4CC(Cc5cccc(F)c5)C4)C[C@@H]3C(=O)O)c2c1. The minimum absolute atomic E-state index is 0.0363. The Balaban J connectivity index is 1.16. The molecule has 2 aromatic carbocycles. The highest BCUT2D eigenvalue weighted by atomic mass is 19.1. The van der Waals surface area contributed by atoms with Gasteiger partial charge in [-0.05, 0) is 104 Å². The number of aliphatic hydroxyl groups excluding tert-OH is 1. The molecule has 1 aliphatic heterocycles. The van der Waals surface area contributed by atoms with Crippen molar-refractivity contribution in [1.29, 1.82) is 0 Å². The average molecular weight is 507 g/mol. The summed E-state index contributed by atoms with van der Waals surface area (Å²) in [5.74, 6) is -0.106. The molecule has 1 aliphatic carbocycles. The molecule has 2 fully saturated rings. The van der Waals surface area contributed by atoms with Gasteiger partial charge in [-0.25, -0.2) is 4.39 Å². The number of halogens is 1. The van der Waals surface area contributed by atoms with Gasteiger partial charge in [0.05, 0.1) is 24.6 Å². The van der Waals surface area contributed by atoms with Gasteiger partial charge in [-0.15, -0.1) is 0 Å². The van der Waals surface area contributed by atoms with E-state index in [0.29, 0.717) is 37.1 Å². The van der Waals surface area contributed by atoms with Crippen molar-refractivity contribution in [2.75, 3.05) is 20.2 Å². The van der Waals surface area contributed by atoms with Gasteiger partial charge in [-0.3, -0.25) is 14.7 Å². The summed E-state index contributed by atoms with van der Waals surface area (Å²) in [6, 6.07) is 14.7. The quantitative estimate of drug-likeness (QED) is 0.413. The predicted octanol–water partition coefficient (Wildman–Crippen LogP) is 5.24. The largest absolute Gasteiger partial charge is 0.497 e. The number of fused-ring (bicyclic) bond motifs is 1. The number of carboxylic acids is 1. The maximum absolute atomic E-state index is 13.5. The molecule has 1 aromatic heterocycles. The first-order valence-corrected chi connectivity index (χ1v) is 13.2. The number of rotatable bonds is 9. The molecule has 5 rings (SSSR count). The van der Waals surface area contributed by atoms with Crippen molar-refractivity contribution >= 4 is 16.9 Å². The number of pyridine rings is 1. The summed E-state index contributed by atoms with van der Waals surface area (Å²) in [4.78, 5) is 18.9. The smallest absolute Gasteiger partial charge is 0.308 e. The molecule has 0 bridgehead atoms. The molecule has 1 saturated heterocycles. The second-order valence-corrected chi connectivity index (χ2v) is 10.7. The van der Waals surface area contributed by atoms with Crippen LogP contribution in [0.25, 0.3) is 10.9 Å². The standard InChI is InChI=1S/C30H35FN2O4/c1-37-24-6-7-28-26(17-24)25(9-11-32-28)29(34)8-5-21-10-12-33(18-27(21)30(35)36)23-15-20(16-23)13-19-3-2-4-22(31)14-19/h2-4,6-7,9,11,14,17,20-21,23,27,29,34H,5,8,10,12-13,15-16,18H2,1H3,(H,35,36)/t20?,21-,23?,27+,29?/m1/s1. The Morgan fingerprint density at radius 3 is 2.81 bits per heavy atom. The van der Waals surface area contributed by atoms with Crippen molar-refractivity contribution in [1.82, 2.24) is 9.88 Å². The highest BCUT2D eigenvalue weighted by Crippen LogP contribution is 2.39. The zero-order chi connectivity index (χ0) is 25.9. The van der Waals surface area contributed by atoms with E-state index < -0.39 is 18.0 Å². The Hall–Kier alpha value is -3.03. The van der Waals surface area contributed by atoms with Gasteiger partial charge in [0.1, 0.15) is 11.6 Å². The maximum atomic E-state index is 13.5. The highest BCUT2D eigenvalue weighted by molar-refractivity contribution is 5.83. The van der Waals surface area contributed by atoms with E-state index in [9.17, 15) is 19.4 Å². The monoisotopic (exact) mass is 506 g/mol. The number of piperidine rings is 1. The first-order chi connectivity index (χ1) is 17.9. The molecular weight excluding hydrogens is 471 g/mol. The van der Waals surface area contributed by atoms with E-state index in [1.165, 1.54) is 6.07 Å². The van der Waals surface area contributed by atoms with Crippen LogP contribution in [0.5, 0.6) is 5.75 Å². The summed E-state index contributed by atoms with van der Waals surface area (Å²) in [6.45, 7) is 1.44. The van der Waals surface area contributed by atoms with E-state index in [1.54, 1.807) is 25.4 Å². The van der Waals surface area contributed by atoms with Gasteiger partial charge in [-0.2, -0.15) is 0 Å². The fraction of sp³-hybridized carbons (Fsp3) is 0.467.